The summed E-state index contributed by atoms with van der Waals surface area (Å²) in [6.07, 6.45) is 7.02. The predicted molar refractivity (Wildman–Crippen MR) is 55.9 cm³/mol. The van der Waals surface area contributed by atoms with Gasteiger partial charge in [0.2, 0.25) is 0 Å². The topological polar surface area (TPSA) is 15.3 Å². The molecule has 2 rings (SSSR count). The van der Waals surface area contributed by atoms with Crippen LogP contribution >= 0.6 is 0 Å². The van der Waals surface area contributed by atoms with Crippen molar-refractivity contribution in [2.45, 2.75) is 44.6 Å². The number of likely N-dealkylation sites (tertiary alicyclic amines) is 1. The summed E-state index contributed by atoms with van der Waals surface area (Å²) >= 11 is 0. The first-order valence-electron chi connectivity index (χ1n) is 5.82. The van der Waals surface area contributed by atoms with Crippen molar-refractivity contribution in [3.8, 4) is 0 Å². The largest absolute Gasteiger partial charge is 0.310 e. The van der Waals surface area contributed by atoms with Crippen LogP contribution in [0.4, 0.5) is 0 Å². The highest BCUT2D eigenvalue weighted by molar-refractivity contribution is 4.96. The highest BCUT2D eigenvalue weighted by atomic mass is 15.2. The molecule has 1 unspecified atom stereocenters. The Hall–Kier alpha value is -0.0800. The Balaban J connectivity index is 1.95. The smallest absolute Gasteiger partial charge is 0.0309 e. The first-order valence-corrected chi connectivity index (χ1v) is 5.82. The van der Waals surface area contributed by atoms with E-state index in [-0.39, 0.29) is 0 Å². The van der Waals surface area contributed by atoms with Crippen molar-refractivity contribution >= 4 is 0 Å². The molecule has 0 aromatic carbocycles. The highest BCUT2D eigenvalue weighted by Crippen LogP contribution is 2.28. The van der Waals surface area contributed by atoms with Crippen molar-refractivity contribution in [3.05, 3.63) is 0 Å². The second-order valence-corrected chi connectivity index (χ2v) is 4.64. The van der Waals surface area contributed by atoms with Gasteiger partial charge in [-0.1, -0.05) is 13.3 Å². The third kappa shape index (κ3) is 2.05. The van der Waals surface area contributed by atoms with Crippen LogP contribution < -0.4 is 5.32 Å². The number of nitrogens with zero attached hydrogens (tertiary/aromatic N) is 1. The molecule has 0 aromatic heterocycles. The molecule has 2 nitrogen and oxygen atoms in total. The second kappa shape index (κ2) is 3.97. The van der Waals surface area contributed by atoms with E-state index in [1.165, 1.54) is 58.3 Å². The zero-order valence-corrected chi connectivity index (χ0v) is 8.81. The number of likely N-dealkylation sites (N-methyl/N-ethyl adjacent to an activating group) is 1. The summed E-state index contributed by atoms with van der Waals surface area (Å²) in [5.41, 5.74) is 0.506. The SMILES string of the molecule is CCN1CCCC2(CCCCN2)C1. The van der Waals surface area contributed by atoms with Crippen LogP contribution in [0.2, 0.25) is 0 Å². The molecule has 0 radical (unpaired) electrons. The van der Waals surface area contributed by atoms with Crippen molar-refractivity contribution in [1.82, 2.24) is 10.2 Å². The minimum absolute atomic E-state index is 0.506. The fraction of sp³-hybridized carbons (Fsp3) is 1.00. The third-order valence-electron chi connectivity index (χ3n) is 3.69. The molecule has 0 amide bonds. The average Bonchev–Trinajstić information content (AvgIpc) is 2.19. The summed E-state index contributed by atoms with van der Waals surface area (Å²) in [6.45, 7) is 7.37. The Labute approximate surface area is 81.7 Å². The van der Waals surface area contributed by atoms with Crippen molar-refractivity contribution < 1.29 is 0 Å². The van der Waals surface area contributed by atoms with E-state index < -0.39 is 0 Å². The fourth-order valence-electron chi connectivity index (χ4n) is 2.88. The maximum atomic E-state index is 3.76. The minimum Gasteiger partial charge on any atom is -0.310 e. The molecular formula is C11H22N2. The van der Waals surface area contributed by atoms with E-state index in [9.17, 15) is 0 Å². The molecule has 2 heteroatoms. The number of piperidine rings is 2. The number of hydrogen-bond acceptors (Lipinski definition) is 2. The van der Waals surface area contributed by atoms with E-state index in [2.05, 4.69) is 17.1 Å². The first kappa shape index (κ1) is 9.47. The Morgan fingerprint density at radius 1 is 1.23 bits per heavy atom. The number of hydrogen-bond donors (Lipinski definition) is 1. The number of rotatable bonds is 1. The zero-order valence-electron chi connectivity index (χ0n) is 8.81. The first-order chi connectivity index (χ1) is 6.35. The second-order valence-electron chi connectivity index (χ2n) is 4.64. The highest BCUT2D eigenvalue weighted by Gasteiger charge is 2.35. The van der Waals surface area contributed by atoms with Crippen LogP contribution in [0.25, 0.3) is 0 Å². The van der Waals surface area contributed by atoms with E-state index in [1.807, 2.05) is 0 Å². The summed E-state index contributed by atoms with van der Waals surface area (Å²) in [5, 5.41) is 3.76. The van der Waals surface area contributed by atoms with Crippen molar-refractivity contribution in [2.75, 3.05) is 26.2 Å². The van der Waals surface area contributed by atoms with Crippen LogP contribution in [-0.4, -0.2) is 36.6 Å². The van der Waals surface area contributed by atoms with Crippen molar-refractivity contribution in [3.63, 3.8) is 0 Å². The molecule has 1 spiro atoms. The van der Waals surface area contributed by atoms with Gasteiger partial charge < -0.3 is 10.2 Å². The molecule has 76 valence electrons. The Morgan fingerprint density at radius 3 is 2.77 bits per heavy atom. The standard InChI is InChI=1S/C11H22N2/c1-2-13-9-5-7-11(10-13)6-3-4-8-12-11/h12H,2-10H2,1H3. The van der Waals surface area contributed by atoms with Gasteiger partial charge in [0.1, 0.15) is 0 Å². The molecular weight excluding hydrogens is 160 g/mol. The van der Waals surface area contributed by atoms with E-state index in [0.717, 1.165) is 0 Å². The monoisotopic (exact) mass is 182 g/mol. The molecule has 0 aliphatic carbocycles. The molecule has 2 heterocycles. The summed E-state index contributed by atoms with van der Waals surface area (Å²) in [4.78, 5) is 2.60. The van der Waals surface area contributed by atoms with E-state index in [4.69, 9.17) is 0 Å². The van der Waals surface area contributed by atoms with Gasteiger partial charge in [-0.3, -0.25) is 0 Å². The lowest BCUT2D eigenvalue weighted by atomic mass is 9.82. The molecule has 2 aliphatic rings. The molecule has 2 fully saturated rings. The van der Waals surface area contributed by atoms with E-state index in [1.54, 1.807) is 0 Å². The summed E-state index contributed by atoms with van der Waals surface area (Å²) < 4.78 is 0. The molecule has 13 heavy (non-hydrogen) atoms. The lowest BCUT2D eigenvalue weighted by Gasteiger charge is -2.45. The predicted octanol–water partition coefficient (Wildman–Crippen LogP) is 1.61. The van der Waals surface area contributed by atoms with Gasteiger partial charge >= 0.3 is 0 Å². The van der Waals surface area contributed by atoms with Crippen LogP contribution in [0.1, 0.15) is 39.0 Å². The Morgan fingerprint density at radius 2 is 2.08 bits per heavy atom. The van der Waals surface area contributed by atoms with Crippen LogP contribution in [0, 0.1) is 0 Å². The summed E-state index contributed by atoms with van der Waals surface area (Å²) in [5.74, 6) is 0. The zero-order chi connectivity index (χ0) is 9.15. The van der Waals surface area contributed by atoms with Gasteiger partial charge in [0.15, 0.2) is 0 Å². The van der Waals surface area contributed by atoms with Gasteiger partial charge in [0, 0.05) is 12.1 Å². The van der Waals surface area contributed by atoms with Gasteiger partial charge in [-0.05, 0) is 45.3 Å². The maximum absolute atomic E-state index is 3.76. The van der Waals surface area contributed by atoms with E-state index in [0.29, 0.717) is 5.54 Å². The lowest BCUT2D eigenvalue weighted by molar-refractivity contribution is 0.103. The van der Waals surface area contributed by atoms with Crippen molar-refractivity contribution in [2.24, 2.45) is 0 Å². The fourth-order valence-corrected chi connectivity index (χ4v) is 2.88. The van der Waals surface area contributed by atoms with Crippen LogP contribution in [0.15, 0.2) is 0 Å². The minimum atomic E-state index is 0.506. The summed E-state index contributed by atoms with van der Waals surface area (Å²) in [7, 11) is 0. The molecule has 2 saturated heterocycles. The van der Waals surface area contributed by atoms with Gasteiger partial charge in [-0.25, -0.2) is 0 Å². The van der Waals surface area contributed by atoms with E-state index >= 15 is 0 Å². The molecule has 1 N–H and O–H groups in total. The number of nitrogens with one attached hydrogen (secondary N) is 1. The average molecular weight is 182 g/mol. The lowest BCUT2D eigenvalue weighted by Crippen LogP contribution is -2.58. The Kier molecular flexibility index (Phi) is 2.89. The van der Waals surface area contributed by atoms with Crippen LogP contribution in [-0.2, 0) is 0 Å². The normalized spacial score (nSPS) is 36.7. The third-order valence-corrected chi connectivity index (χ3v) is 3.69. The van der Waals surface area contributed by atoms with Crippen LogP contribution in [0.5, 0.6) is 0 Å². The Bertz CT molecular complexity index is 156. The van der Waals surface area contributed by atoms with Crippen molar-refractivity contribution in [1.29, 1.82) is 0 Å². The molecule has 1 atom stereocenters. The summed E-state index contributed by atoms with van der Waals surface area (Å²) in [6, 6.07) is 0. The van der Waals surface area contributed by atoms with Gasteiger partial charge in [-0.15, -0.1) is 0 Å². The molecule has 0 aromatic rings. The molecule has 0 saturated carbocycles. The van der Waals surface area contributed by atoms with Gasteiger partial charge in [-0.2, -0.15) is 0 Å². The molecule has 2 aliphatic heterocycles. The van der Waals surface area contributed by atoms with Gasteiger partial charge in [0.05, 0.1) is 0 Å². The molecule has 0 bridgehead atoms. The van der Waals surface area contributed by atoms with Gasteiger partial charge in [0.25, 0.3) is 0 Å². The quantitative estimate of drug-likeness (QED) is 0.663. The maximum Gasteiger partial charge on any atom is 0.0309 e. The van der Waals surface area contributed by atoms with Crippen LogP contribution in [0.3, 0.4) is 0 Å².